The molecule has 1 aliphatic rings. The van der Waals surface area contributed by atoms with Crippen LogP contribution < -0.4 is 10.6 Å². The number of likely N-dealkylation sites (N-methyl/N-ethyl adjacent to an activating group) is 1. The summed E-state index contributed by atoms with van der Waals surface area (Å²) in [6, 6.07) is 10.5. The van der Waals surface area contributed by atoms with Crippen molar-refractivity contribution >= 4 is 5.91 Å². The first-order chi connectivity index (χ1) is 9.24. The van der Waals surface area contributed by atoms with Gasteiger partial charge in [-0.3, -0.25) is 9.69 Å². The van der Waals surface area contributed by atoms with Gasteiger partial charge in [0.05, 0.1) is 6.54 Å². The predicted molar refractivity (Wildman–Crippen MR) is 76.8 cm³/mol. The molecule has 1 fully saturated rings. The molecular weight excluding hydrogens is 238 g/mol. The molecule has 2 rings (SSSR count). The molecule has 2 N–H and O–H groups in total. The zero-order chi connectivity index (χ0) is 13.5. The van der Waals surface area contributed by atoms with Crippen LogP contribution in [0.3, 0.4) is 0 Å². The molecule has 1 amide bonds. The lowest BCUT2D eigenvalue weighted by Crippen LogP contribution is -2.41. The zero-order valence-corrected chi connectivity index (χ0v) is 11.6. The van der Waals surface area contributed by atoms with Gasteiger partial charge in [-0.2, -0.15) is 0 Å². The zero-order valence-electron chi connectivity index (χ0n) is 11.6. The van der Waals surface area contributed by atoms with Crippen molar-refractivity contribution in [3.05, 3.63) is 35.9 Å². The summed E-state index contributed by atoms with van der Waals surface area (Å²) in [7, 11) is 2.00. The molecule has 0 spiro atoms. The van der Waals surface area contributed by atoms with Crippen molar-refractivity contribution < 1.29 is 4.79 Å². The highest BCUT2D eigenvalue weighted by Gasteiger charge is 2.16. The SMILES string of the molecule is CN(CC(=O)NCc1ccccc1)CC1CCCN1. The molecular formula is C15H23N3O. The molecule has 1 aliphatic heterocycles. The van der Waals surface area contributed by atoms with Gasteiger partial charge in [-0.05, 0) is 32.0 Å². The average molecular weight is 261 g/mol. The number of amides is 1. The summed E-state index contributed by atoms with van der Waals surface area (Å²) in [4.78, 5) is 13.9. The first kappa shape index (κ1) is 14.0. The van der Waals surface area contributed by atoms with E-state index in [1.165, 1.54) is 12.8 Å². The Morgan fingerprint density at radius 2 is 2.21 bits per heavy atom. The van der Waals surface area contributed by atoms with E-state index < -0.39 is 0 Å². The van der Waals surface area contributed by atoms with E-state index in [-0.39, 0.29) is 5.91 Å². The van der Waals surface area contributed by atoms with E-state index in [0.29, 0.717) is 19.1 Å². The van der Waals surface area contributed by atoms with Crippen molar-refractivity contribution in [2.75, 3.05) is 26.7 Å². The summed E-state index contributed by atoms with van der Waals surface area (Å²) in [5.41, 5.74) is 1.14. The fourth-order valence-electron chi connectivity index (χ4n) is 2.45. The Kier molecular flexibility index (Phi) is 5.36. The van der Waals surface area contributed by atoms with Crippen LogP contribution in [0.15, 0.2) is 30.3 Å². The van der Waals surface area contributed by atoms with E-state index in [0.717, 1.165) is 18.7 Å². The molecule has 1 heterocycles. The van der Waals surface area contributed by atoms with Crippen molar-refractivity contribution in [1.82, 2.24) is 15.5 Å². The van der Waals surface area contributed by atoms with E-state index in [2.05, 4.69) is 15.5 Å². The first-order valence-corrected chi connectivity index (χ1v) is 6.96. The number of nitrogens with zero attached hydrogens (tertiary/aromatic N) is 1. The van der Waals surface area contributed by atoms with E-state index in [1.54, 1.807) is 0 Å². The highest BCUT2D eigenvalue weighted by molar-refractivity contribution is 5.77. The van der Waals surface area contributed by atoms with Crippen LogP contribution in [0.4, 0.5) is 0 Å². The molecule has 19 heavy (non-hydrogen) atoms. The topological polar surface area (TPSA) is 44.4 Å². The van der Waals surface area contributed by atoms with E-state index in [4.69, 9.17) is 0 Å². The number of hydrogen-bond donors (Lipinski definition) is 2. The monoisotopic (exact) mass is 261 g/mol. The van der Waals surface area contributed by atoms with Gasteiger partial charge in [0.2, 0.25) is 5.91 Å². The van der Waals surface area contributed by atoms with Gasteiger partial charge < -0.3 is 10.6 Å². The van der Waals surface area contributed by atoms with Crippen LogP contribution in [0.25, 0.3) is 0 Å². The van der Waals surface area contributed by atoms with E-state index in [1.807, 2.05) is 37.4 Å². The van der Waals surface area contributed by atoms with E-state index >= 15 is 0 Å². The maximum atomic E-state index is 11.8. The van der Waals surface area contributed by atoms with Crippen LogP contribution in [-0.4, -0.2) is 43.5 Å². The van der Waals surface area contributed by atoms with Gasteiger partial charge in [0.1, 0.15) is 0 Å². The molecule has 4 heteroatoms. The smallest absolute Gasteiger partial charge is 0.234 e. The van der Waals surface area contributed by atoms with Crippen molar-refractivity contribution in [2.45, 2.75) is 25.4 Å². The minimum absolute atomic E-state index is 0.0874. The molecule has 4 nitrogen and oxygen atoms in total. The first-order valence-electron chi connectivity index (χ1n) is 6.96. The predicted octanol–water partition coefficient (Wildman–Crippen LogP) is 0.987. The minimum atomic E-state index is 0.0874. The standard InChI is InChI=1S/C15H23N3O/c1-18(11-14-8-5-9-16-14)12-15(19)17-10-13-6-3-2-4-7-13/h2-4,6-7,14,16H,5,8-12H2,1H3,(H,17,19). The van der Waals surface area contributed by atoms with Crippen molar-refractivity contribution in [1.29, 1.82) is 0 Å². The van der Waals surface area contributed by atoms with E-state index in [9.17, 15) is 4.79 Å². The lowest BCUT2D eigenvalue weighted by molar-refractivity contribution is -0.122. The second-order valence-corrected chi connectivity index (χ2v) is 5.25. The van der Waals surface area contributed by atoms with Crippen LogP contribution in [0, 0.1) is 0 Å². The minimum Gasteiger partial charge on any atom is -0.351 e. The number of hydrogen-bond acceptors (Lipinski definition) is 3. The number of rotatable bonds is 6. The fraction of sp³-hybridized carbons (Fsp3) is 0.533. The van der Waals surface area contributed by atoms with Gasteiger partial charge in [-0.25, -0.2) is 0 Å². The van der Waals surface area contributed by atoms with Crippen LogP contribution in [-0.2, 0) is 11.3 Å². The van der Waals surface area contributed by atoms with Crippen LogP contribution in [0.2, 0.25) is 0 Å². The normalized spacial score (nSPS) is 18.7. The fourth-order valence-corrected chi connectivity index (χ4v) is 2.45. The number of benzene rings is 1. The van der Waals surface area contributed by atoms with Crippen LogP contribution in [0.5, 0.6) is 0 Å². The van der Waals surface area contributed by atoms with Gasteiger partial charge in [-0.15, -0.1) is 0 Å². The molecule has 1 unspecified atom stereocenters. The summed E-state index contributed by atoms with van der Waals surface area (Å²) >= 11 is 0. The Hall–Kier alpha value is -1.39. The van der Waals surface area contributed by atoms with Crippen LogP contribution in [0.1, 0.15) is 18.4 Å². The third-order valence-electron chi connectivity index (χ3n) is 3.44. The Bertz CT molecular complexity index is 388. The molecule has 1 atom stereocenters. The Morgan fingerprint density at radius 1 is 1.42 bits per heavy atom. The summed E-state index contributed by atoms with van der Waals surface area (Å²) in [6.07, 6.45) is 2.47. The maximum Gasteiger partial charge on any atom is 0.234 e. The Morgan fingerprint density at radius 3 is 2.89 bits per heavy atom. The number of nitrogens with one attached hydrogen (secondary N) is 2. The summed E-state index contributed by atoms with van der Waals surface area (Å²) in [6.45, 7) is 3.12. The molecule has 0 aromatic heterocycles. The summed E-state index contributed by atoms with van der Waals surface area (Å²) in [5, 5.41) is 6.40. The van der Waals surface area contributed by atoms with Gasteiger partial charge in [-0.1, -0.05) is 30.3 Å². The molecule has 1 aromatic rings. The molecule has 104 valence electrons. The van der Waals surface area contributed by atoms with Crippen LogP contribution >= 0.6 is 0 Å². The molecule has 0 radical (unpaired) electrons. The quantitative estimate of drug-likeness (QED) is 0.802. The van der Waals surface area contributed by atoms with Gasteiger partial charge in [0, 0.05) is 19.1 Å². The molecule has 0 aliphatic carbocycles. The molecule has 1 aromatic carbocycles. The van der Waals surface area contributed by atoms with Crippen molar-refractivity contribution in [3.8, 4) is 0 Å². The Labute approximate surface area is 115 Å². The summed E-state index contributed by atoms with van der Waals surface area (Å²) < 4.78 is 0. The summed E-state index contributed by atoms with van der Waals surface area (Å²) in [5.74, 6) is 0.0874. The third kappa shape index (κ3) is 5.01. The largest absolute Gasteiger partial charge is 0.351 e. The lowest BCUT2D eigenvalue weighted by atomic mass is 10.2. The van der Waals surface area contributed by atoms with Gasteiger partial charge in [0.15, 0.2) is 0 Å². The third-order valence-corrected chi connectivity index (χ3v) is 3.44. The van der Waals surface area contributed by atoms with Crippen molar-refractivity contribution in [3.63, 3.8) is 0 Å². The van der Waals surface area contributed by atoms with Crippen molar-refractivity contribution in [2.24, 2.45) is 0 Å². The van der Waals surface area contributed by atoms with Gasteiger partial charge >= 0.3 is 0 Å². The average Bonchev–Trinajstić information content (AvgIpc) is 2.90. The number of carbonyl (C=O) groups excluding carboxylic acids is 1. The van der Waals surface area contributed by atoms with Gasteiger partial charge in [0.25, 0.3) is 0 Å². The second kappa shape index (κ2) is 7.26. The molecule has 0 bridgehead atoms. The second-order valence-electron chi connectivity index (χ2n) is 5.25. The maximum absolute atomic E-state index is 11.8. The molecule has 1 saturated heterocycles. The molecule has 0 saturated carbocycles. The lowest BCUT2D eigenvalue weighted by Gasteiger charge is -2.20. The Balaban J connectivity index is 1.66. The highest BCUT2D eigenvalue weighted by Crippen LogP contribution is 2.05. The number of carbonyl (C=O) groups is 1. The highest BCUT2D eigenvalue weighted by atomic mass is 16.2.